The van der Waals surface area contributed by atoms with Crippen molar-refractivity contribution in [1.82, 2.24) is 9.97 Å². The zero-order chi connectivity index (χ0) is 19.6. The molecule has 0 unspecified atom stereocenters. The molecule has 0 saturated heterocycles. The lowest BCUT2D eigenvalue weighted by atomic mass is 9.87. The van der Waals surface area contributed by atoms with E-state index in [-0.39, 0.29) is 17.7 Å². The summed E-state index contributed by atoms with van der Waals surface area (Å²) >= 11 is 0. The summed E-state index contributed by atoms with van der Waals surface area (Å²) in [6, 6.07) is 3.75. The van der Waals surface area contributed by atoms with Gasteiger partial charge in [0.1, 0.15) is 15.7 Å². The molecule has 3 N–H and O–H groups in total. The number of rotatable bonds is 6. The van der Waals surface area contributed by atoms with Gasteiger partial charge in [-0.25, -0.2) is 13.4 Å². The highest BCUT2D eigenvalue weighted by Crippen LogP contribution is 2.34. The van der Waals surface area contributed by atoms with Crippen LogP contribution in [0.25, 0.3) is 10.9 Å². The summed E-state index contributed by atoms with van der Waals surface area (Å²) < 4.78 is 33.6. The van der Waals surface area contributed by atoms with Crippen molar-refractivity contribution in [2.45, 2.75) is 31.7 Å². The number of fused-ring (bicyclic) bond motifs is 1. The summed E-state index contributed by atoms with van der Waals surface area (Å²) in [4.78, 5) is 8.93. The highest BCUT2D eigenvalue weighted by Gasteiger charge is 2.24. The van der Waals surface area contributed by atoms with E-state index in [2.05, 4.69) is 15.3 Å². The first-order valence-electron chi connectivity index (χ1n) is 8.92. The van der Waals surface area contributed by atoms with E-state index in [0.29, 0.717) is 34.2 Å². The van der Waals surface area contributed by atoms with Crippen molar-refractivity contribution in [3.05, 3.63) is 12.1 Å². The van der Waals surface area contributed by atoms with Gasteiger partial charge in [-0.2, -0.15) is 4.98 Å². The number of aromatic nitrogens is 2. The first-order chi connectivity index (χ1) is 12.8. The minimum absolute atomic E-state index is 0.206. The summed E-state index contributed by atoms with van der Waals surface area (Å²) in [7, 11) is 0.212. The SMILES string of the molecule is COc1cc2nc(NC3CCC(CS(C)(=O)=O)CC3)nc(N)c2cc1OC. The molecule has 0 radical (unpaired) electrons. The van der Waals surface area contributed by atoms with Gasteiger partial charge in [0.15, 0.2) is 11.5 Å². The number of anilines is 2. The number of hydrogen-bond acceptors (Lipinski definition) is 8. The van der Waals surface area contributed by atoms with Gasteiger partial charge < -0.3 is 20.5 Å². The van der Waals surface area contributed by atoms with E-state index in [9.17, 15) is 8.42 Å². The van der Waals surface area contributed by atoms with Gasteiger partial charge >= 0.3 is 0 Å². The van der Waals surface area contributed by atoms with Crippen molar-refractivity contribution in [3.8, 4) is 11.5 Å². The molecule has 0 bridgehead atoms. The van der Waals surface area contributed by atoms with Gasteiger partial charge in [-0.3, -0.25) is 0 Å². The van der Waals surface area contributed by atoms with E-state index in [1.54, 1.807) is 26.4 Å². The van der Waals surface area contributed by atoms with Gasteiger partial charge in [-0.15, -0.1) is 0 Å². The van der Waals surface area contributed by atoms with Crippen molar-refractivity contribution in [2.24, 2.45) is 5.92 Å². The second-order valence-corrected chi connectivity index (χ2v) is 9.30. The van der Waals surface area contributed by atoms with Gasteiger partial charge in [-0.05, 0) is 37.7 Å². The molecule has 9 heteroatoms. The fourth-order valence-electron chi connectivity index (χ4n) is 3.63. The van der Waals surface area contributed by atoms with Crippen molar-refractivity contribution in [1.29, 1.82) is 0 Å². The molecule has 1 heterocycles. The summed E-state index contributed by atoms with van der Waals surface area (Å²) in [5.74, 6) is 2.49. The second kappa shape index (κ2) is 7.75. The minimum atomic E-state index is -2.93. The molecule has 8 nitrogen and oxygen atoms in total. The number of nitrogens with one attached hydrogen (secondary N) is 1. The molecule has 1 aliphatic rings. The normalized spacial score (nSPS) is 20.4. The maximum atomic E-state index is 11.5. The van der Waals surface area contributed by atoms with Crippen LogP contribution in [0.5, 0.6) is 11.5 Å². The van der Waals surface area contributed by atoms with E-state index in [0.717, 1.165) is 25.7 Å². The molecular weight excluding hydrogens is 368 g/mol. The highest BCUT2D eigenvalue weighted by atomic mass is 32.2. The number of ether oxygens (including phenoxy) is 2. The third kappa shape index (κ3) is 4.71. The molecule has 0 amide bonds. The maximum Gasteiger partial charge on any atom is 0.225 e. The van der Waals surface area contributed by atoms with Crippen molar-refractivity contribution in [2.75, 3.05) is 37.3 Å². The van der Waals surface area contributed by atoms with Crippen molar-refractivity contribution in [3.63, 3.8) is 0 Å². The van der Waals surface area contributed by atoms with Crippen LogP contribution in [-0.2, 0) is 9.84 Å². The van der Waals surface area contributed by atoms with Crippen LogP contribution < -0.4 is 20.5 Å². The van der Waals surface area contributed by atoms with E-state index in [4.69, 9.17) is 15.2 Å². The Labute approximate surface area is 159 Å². The van der Waals surface area contributed by atoms with Crippen LogP contribution in [0.1, 0.15) is 25.7 Å². The van der Waals surface area contributed by atoms with Gasteiger partial charge in [0.2, 0.25) is 5.95 Å². The average molecular weight is 394 g/mol. The summed E-state index contributed by atoms with van der Waals surface area (Å²) in [5.41, 5.74) is 6.79. The monoisotopic (exact) mass is 394 g/mol. The van der Waals surface area contributed by atoms with E-state index >= 15 is 0 Å². The number of benzene rings is 1. The molecule has 1 fully saturated rings. The summed E-state index contributed by atoms with van der Waals surface area (Å²) in [5, 5.41) is 4.04. The highest BCUT2D eigenvalue weighted by molar-refractivity contribution is 7.90. The van der Waals surface area contributed by atoms with Crippen LogP contribution in [0.15, 0.2) is 12.1 Å². The van der Waals surface area contributed by atoms with Crippen LogP contribution in [0.3, 0.4) is 0 Å². The Balaban J connectivity index is 1.74. The molecule has 148 valence electrons. The number of hydrogen-bond donors (Lipinski definition) is 2. The zero-order valence-electron chi connectivity index (χ0n) is 15.9. The molecule has 27 heavy (non-hydrogen) atoms. The van der Waals surface area contributed by atoms with Crippen molar-refractivity contribution < 1.29 is 17.9 Å². The van der Waals surface area contributed by atoms with Crippen LogP contribution in [-0.4, -0.2) is 50.7 Å². The molecule has 0 spiro atoms. The van der Waals surface area contributed by atoms with E-state index in [1.165, 1.54) is 6.26 Å². The third-order valence-corrected chi connectivity index (χ3v) is 6.03. The number of sulfone groups is 1. The smallest absolute Gasteiger partial charge is 0.225 e. The second-order valence-electron chi connectivity index (χ2n) is 7.11. The molecule has 3 rings (SSSR count). The predicted octanol–water partition coefficient (Wildman–Crippen LogP) is 2.24. The zero-order valence-corrected chi connectivity index (χ0v) is 16.7. The lowest BCUT2D eigenvalue weighted by molar-refractivity contribution is 0.355. The fourth-order valence-corrected chi connectivity index (χ4v) is 4.82. The Morgan fingerprint density at radius 1 is 1.11 bits per heavy atom. The van der Waals surface area contributed by atoms with Crippen molar-refractivity contribution >= 4 is 32.5 Å². The first-order valence-corrected chi connectivity index (χ1v) is 11.0. The lowest BCUT2D eigenvalue weighted by Crippen LogP contribution is -2.29. The maximum absolute atomic E-state index is 11.5. The number of methoxy groups -OCH3 is 2. The molecular formula is C18H26N4O4S. The fraction of sp³-hybridized carbons (Fsp3) is 0.556. The Hall–Kier alpha value is -2.29. The largest absolute Gasteiger partial charge is 0.493 e. The molecule has 2 aromatic rings. The predicted molar refractivity (Wildman–Crippen MR) is 106 cm³/mol. The molecule has 0 atom stereocenters. The Morgan fingerprint density at radius 2 is 1.74 bits per heavy atom. The average Bonchev–Trinajstić information content (AvgIpc) is 2.61. The molecule has 1 saturated carbocycles. The Bertz CT molecular complexity index is 925. The molecule has 1 aliphatic carbocycles. The van der Waals surface area contributed by atoms with Gasteiger partial charge in [-0.1, -0.05) is 0 Å². The standard InChI is InChI=1S/C18H26N4O4S/c1-25-15-8-13-14(9-16(15)26-2)21-18(22-17(13)19)20-12-6-4-11(5-7-12)10-27(3,23)24/h8-9,11-12H,4-7,10H2,1-3H3,(H3,19,20,21,22). The van der Waals surface area contributed by atoms with Crippen LogP contribution in [0, 0.1) is 5.92 Å². The quantitative estimate of drug-likeness (QED) is 0.766. The summed E-state index contributed by atoms with van der Waals surface area (Å²) in [6.45, 7) is 0. The van der Waals surface area contributed by atoms with E-state index < -0.39 is 9.84 Å². The van der Waals surface area contributed by atoms with Gasteiger partial charge in [0.05, 0.1) is 25.5 Å². The van der Waals surface area contributed by atoms with Gasteiger partial charge in [0.25, 0.3) is 0 Å². The van der Waals surface area contributed by atoms with Gasteiger partial charge in [0, 0.05) is 23.8 Å². The number of nitrogens with two attached hydrogens (primary N) is 1. The van der Waals surface area contributed by atoms with Crippen LogP contribution >= 0.6 is 0 Å². The Kier molecular flexibility index (Phi) is 5.59. The number of nitrogen functional groups attached to an aromatic ring is 1. The lowest BCUT2D eigenvalue weighted by Gasteiger charge is -2.28. The molecule has 1 aromatic carbocycles. The molecule has 1 aromatic heterocycles. The summed E-state index contributed by atoms with van der Waals surface area (Å²) in [6.07, 6.45) is 4.81. The first kappa shape index (κ1) is 19.5. The topological polar surface area (TPSA) is 116 Å². The Morgan fingerprint density at radius 3 is 2.33 bits per heavy atom. The minimum Gasteiger partial charge on any atom is -0.493 e. The third-order valence-electron chi connectivity index (χ3n) is 4.95. The van der Waals surface area contributed by atoms with Crippen LogP contribution in [0.2, 0.25) is 0 Å². The van der Waals surface area contributed by atoms with Crippen LogP contribution in [0.4, 0.5) is 11.8 Å². The number of nitrogens with zero attached hydrogens (tertiary/aromatic N) is 2. The van der Waals surface area contributed by atoms with E-state index in [1.807, 2.05) is 0 Å². The molecule has 0 aliphatic heterocycles.